The molecule has 132 valence electrons. The second kappa shape index (κ2) is 7.09. The zero-order chi connectivity index (χ0) is 17.9. The lowest BCUT2D eigenvalue weighted by Gasteiger charge is -2.34. The Labute approximate surface area is 151 Å². The summed E-state index contributed by atoms with van der Waals surface area (Å²) < 4.78 is 0. The van der Waals surface area contributed by atoms with Gasteiger partial charge in [0.2, 0.25) is 0 Å². The third kappa shape index (κ3) is 3.36. The van der Waals surface area contributed by atoms with Crippen LogP contribution in [0, 0.1) is 0 Å². The molecule has 0 saturated carbocycles. The van der Waals surface area contributed by atoms with Crippen LogP contribution >= 0.6 is 0 Å². The Morgan fingerprint density at radius 2 is 1.88 bits per heavy atom. The van der Waals surface area contributed by atoms with Crippen molar-refractivity contribution in [1.82, 2.24) is 19.8 Å². The Morgan fingerprint density at radius 1 is 1.08 bits per heavy atom. The third-order valence-corrected chi connectivity index (χ3v) is 4.77. The van der Waals surface area contributed by atoms with Crippen LogP contribution in [0.4, 0.5) is 0 Å². The molecule has 1 aliphatic heterocycles. The highest BCUT2D eigenvalue weighted by atomic mass is 16.2. The molecule has 1 amide bonds. The van der Waals surface area contributed by atoms with Gasteiger partial charge in [-0.1, -0.05) is 24.3 Å². The van der Waals surface area contributed by atoms with Gasteiger partial charge in [0.1, 0.15) is 5.69 Å². The lowest BCUT2D eigenvalue weighted by molar-refractivity contribution is 0.0622. The molecule has 1 N–H and O–H groups in total. The number of amides is 1. The number of hydrogen-bond acceptors (Lipinski definition) is 4. The number of nitrogens with one attached hydrogen (secondary N) is 1. The summed E-state index contributed by atoms with van der Waals surface area (Å²) in [6.45, 7) is 3.74. The molecule has 0 atom stereocenters. The van der Waals surface area contributed by atoms with E-state index in [0.717, 1.165) is 25.0 Å². The third-order valence-electron chi connectivity index (χ3n) is 4.77. The van der Waals surface area contributed by atoms with Crippen LogP contribution in [0.5, 0.6) is 0 Å². The minimum Gasteiger partial charge on any atom is -0.335 e. The summed E-state index contributed by atoms with van der Waals surface area (Å²) in [7, 11) is 0. The molecule has 0 bridgehead atoms. The van der Waals surface area contributed by atoms with Crippen LogP contribution in [0.15, 0.2) is 59.7 Å². The molecule has 2 aromatic heterocycles. The zero-order valence-corrected chi connectivity index (χ0v) is 14.4. The highest BCUT2D eigenvalue weighted by Crippen LogP contribution is 2.13. The molecule has 0 aliphatic carbocycles. The smallest absolute Gasteiger partial charge is 0.270 e. The van der Waals surface area contributed by atoms with Crippen LogP contribution in [0.25, 0.3) is 10.8 Å². The van der Waals surface area contributed by atoms with Crippen molar-refractivity contribution in [2.24, 2.45) is 0 Å². The normalized spacial score (nSPS) is 15.3. The molecule has 1 fully saturated rings. The minimum atomic E-state index is -0.221. The van der Waals surface area contributed by atoms with Gasteiger partial charge in [-0.15, -0.1) is 0 Å². The Kier molecular flexibility index (Phi) is 4.50. The van der Waals surface area contributed by atoms with Gasteiger partial charge in [0.25, 0.3) is 11.5 Å². The molecule has 1 aliphatic rings. The number of fused-ring (bicyclic) bond motifs is 1. The number of hydrogen-bond donors (Lipinski definition) is 1. The van der Waals surface area contributed by atoms with Crippen molar-refractivity contribution >= 4 is 16.7 Å². The quantitative estimate of drug-likeness (QED) is 0.785. The molecule has 1 aromatic carbocycles. The van der Waals surface area contributed by atoms with E-state index < -0.39 is 0 Å². The fourth-order valence-corrected chi connectivity index (χ4v) is 3.36. The van der Waals surface area contributed by atoms with Crippen LogP contribution in [-0.4, -0.2) is 51.9 Å². The molecule has 26 heavy (non-hydrogen) atoms. The molecule has 3 heterocycles. The Morgan fingerprint density at radius 3 is 2.65 bits per heavy atom. The summed E-state index contributed by atoms with van der Waals surface area (Å²) in [5.41, 5.74) is 1.31. The number of nitrogens with zero attached hydrogens (tertiary/aromatic N) is 3. The van der Waals surface area contributed by atoms with Gasteiger partial charge in [-0.3, -0.25) is 19.5 Å². The van der Waals surface area contributed by atoms with Crippen LogP contribution in [0.2, 0.25) is 0 Å². The van der Waals surface area contributed by atoms with Gasteiger partial charge in [-0.05, 0) is 29.1 Å². The molecule has 0 unspecified atom stereocenters. The fourth-order valence-electron chi connectivity index (χ4n) is 3.36. The largest absolute Gasteiger partial charge is 0.335 e. The maximum atomic E-state index is 12.8. The lowest BCUT2D eigenvalue weighted by Crippen LogP contribution is -2.48. The van der Waals surface area contributed by atoms with Crippen LogP contribution < -0.4 is 5.56 Å². The highest BCUT2D eigenvalue weighted by Gasteiger charge is 2.23. The molecule has 1 saturated heterocycles. The first-order chi connectivity index (χ1) is 12.7. The lowest BCUT2D eigenvalue weighted by atomic mass is 10.1. The highest BCUT2D eigenvalue weighted by molar-refractivity contribution is 5.96. The first-order valence-corrected chi connectivity index (χ1v) is 8.73. The van der Waals surface area contributed by atoms with Crippen LogP contribution in [-0.2, 0) is 6.54 Å². The van der Waals surface area contributed by atoms with Crippen molar-refractivity contribution in [2.45, 2.75) is 6.54 Å². The number of benzene rings is 1. The molecular weight excluding hydrogens is 328 g/mol. The maximum Gasteiger partial charge on any atom is 0.270 e. The number of rotatable bonds is 3. The van der Waals surface area contributed by atoms with Crippen molar-refractivity contribution in [2.75, 3.05) is 26.2 Å². The van der Waals surface area contributed by atoms with Crippen molar-refractivity contribution in [3.63, 3.8) is 0 Å². The topological polar surface area (TPSA) is 69.3 Å². The van der Waals surface area contributed by atoms with E-state index >= 15 is 0 Å². The van der Waals surface area contributed by atoms with Crippen molar-refractivity contribution in [3.8, 4) is 0 Å². The number of piperazine rings is 1. The average molecular weight is 348 g/mol. The summed E-state index contributed by atoms with van der Waals surface area (Å²) in [5, 5.41) is 1.39. The van der Waals surface area contributed by atoms with E-state index in [4.69, 9.17) is 0 Å². The van der Waals surface area contributed by atoms with Gasteiger partial charge in [0.15, 0.2) is 0 Å². The molecule has 6 heteroatoms. The van der Waals surface area contributed by atoms with Crippen LogP contribution in [0.3, 0.4) is 0 Å². The number of pyridine rings is 2. The monoisotopic (exact) mass is 348 g/mol. The predicted octanol–water partition coefficient (Wildman–Crippen LogP) is 1.88. The molecule has 4 rings (SSSR count). The van der Waals surface area contributed by atoms with Crippen molar-refractivity contribution in [3.05, 3.63) is 76.5 Å². The first kappa shape index (κ1) is 16.5. The van der Waals surface area contributed by atoms with Gasteiger partial charge in [-0.25, -0.2) is 0 Å². The SMILES string of the molecule is O=C(c1cc2ccccc2c(=O)[nH]1)N1CCN(Cc2cccnc2)CC1. The first-order valence-electron chi connectivity index (χ1n) is 8.73. The maximum absolute atomic E-state index is 12.8. The van der Waals surface area contributed by atoms with E-state index in [1.54, 1.807) is 23.2 Å². The summed E-state index contributed by atoms with van der Waals surface area (Å²) in [5.74, 6) is -0.117. The summed E-state index contributed by atoms with van der Waals surface area (Å²) in [6.07, 6.45) is 3.64. The second-order valence-corrected chi connectivity index (χ2v) is 6.53. The molecule has 6 nitrogen and oxygen atoms in total. The Balaban J connectivity index is 1.44. The number of carbonyl (C=O) groups excluding carboxylic acids is 1. The van der Waals surface area contributed by atoms with E-state index in [1.165, 1.54) is 5.56 Å². The van der Waals surface area contributed by atoms with Crippen LogP contribution in [0.1, 0.15) is 16.1 Å². The van der Waals surface area contributed by atoms with E-state index in [0.29, 0.717) is 24.2 Å². The van der Waals surface area contributed by atoms with Crippen molar-refractivity contribution < 1.29 is 4.79 Å². The van der Waals surface area contributed by atoms with E-state index in [9.17, 15) is 9.59 Å². The van der Waals surface area contributed by atoms with Gasteiger partial charge in [0.05, 0.1) is 0 Å². The average Bonchev–Trinajstić information content (AvgIpc) is 2.69. The fraction of sp³-hybridized carbons (Fsp3) is 0.250. The van der Waals surface area contributed by atoms with E-state index in [-0.39, 0.29) is 11.5 Å². The van der Waals surface area contributed by atoms with Gasteiger partial charge < -0.3 is 9.88 Å². The summed E-state index contributed by atoms with van der Waals surface area (Å²) in [6, 6.07) is 13.1. The molecular formula is C20H20N4O2. The zero-order valence-electron chi connectivity index (χ0n) is 14.4. The molecule has 3 aromatic rings. The Bertz CT molecular complexity index is 976. The molecule has 0 spiro atoms. The second-order valence-electron chi connectivity index (χ2n) is 6.53. The number of aromatic nitrogens is 2. The number of H-pyrrole nitrogens is 1. The minimum absolute atomic E-state index is 0.117. The van der Waals surface area contributed by atoms with Gasteiger partial charge in [-0.2, -0.15) is 0 Å². The Hall–Kier alpha value is -2.99. The van der Waals surface area contributed by atoms with Gasteiger partial charge in [0, 0.05) is 50.5 Å². The number of carbonyl (C=O) groups is 1. The van der Waals surface area contributed by atoms with Crippen molar-refractivity contribution in [1.29, 1.82) is 0 Å². The van der Waals surface area contributed by atoms with E-state index in [2.05, 4.69) is 20.9 Å². The van der Waals surface area contributed by atoms with E-state index in [1.807, 2.05) is 30.5 Å². The predicted molar refractivity (Wildman–Crippen MR) is 100.0 cm³/mol. The molecule has 0 radical (unpaired) electrons. The summed E-state index contributed by atoms with van der Waals surface area (Å²) >= 11 is 0. The van der Waals surface area contributed by atoms with Gasteiger partial charge >= 0.3 is 0 Å². The number of aromatic amines is 1. The summed E-state index contributed by atoms with van der Waals surface area (Å²) in [4.78, 5) is 36.0. The standard InChI is InChI=1S/C20H20N4O2/c25-19-17-6-2-1-5-16(17)12-18(22-19)20(26)24-10-8-23(9-11-24)14-15-4-3-7-21-13-15/h1-7,12-13H,8-11,14H2,(H,22,25).